The van der Waals surface area contributed by atoms with Crippen molar-refractivity contribution in [1.29, 1.82) is 5.26 Å². The first-order valence-electron chi connectivity index (χ1n) is 7.49. The summed E-state index contributed by atoms with van der Waals surface area (Å²) in [5.74, 6) is 1.24. The molecule has 0 aliphatic heterocycles. The third-order valence-corrected chi connectivity index (χ3v) is 4.44. The second-order valence-corrected chi connectivity index (χ2v) is 5.93. The van der Waals surface area contributed by atoms with E-state index < -0.39 is 0 Å². The summed E-state index contributed by atoms with van der Waals surface area (Å²) in [4.78, 5) is 0. The van der Waals surface area contributed by atoms with Crippen molar-refractivity contribution in [3.8, 4) is 6.07 Å². The largest absolute Gasteiger partial charge is 0.310 e. The lowest BCUT2D eigenvalue weighted by Crippen LogP contribution is -2.42. The van der Waals surface area contributed by atoms with Gasteiger partial charge in [-0.15, -0.1) is 0 Å². The summed E-state index contributed by atoms with van der Waals surface area (Å²) in [6.07, 6.45) is 11.6. The fourth-order valence-electron chi connectivity index (χ4n) is 3.07. The average Bonchev–Trinajstić information content (AvgIpc) is 3.15. The number of rotatable bonds is 5. The van der Waals surface area contributed by atoms with Gasteiger partial charge in [0.25, 0.3) is 0 Å². The van der Waals surface area contributed by atoms with E-state index in [0.717, 1.165) is 12.3 Å². The molecule has 2 saturated carbocycles. The van der Waals surface area contributed by atoms with E-state index in [9.17, 15) is 5.26 Å². The van der Waals surface area contributed by atoms with Gasteiger partial charge in [0, 0.05) is 12.1 Å². The molecule has 96 valence electrons. The van der Waals surface area contributed by atoms with Crippen molar-refractivity contribution in [2.24, 2.45) is 11.8 Å². The van der Waals surface area contributed by atoms with Crippen LogP contribution >= 0.6 is 0 Å². The molecule has 3 atom stereocenters. The van der Waals surface area contributed by atoms with Gasteiger partial charge in [0.05, 0.1) is 12.0 Å². The van der Waals surface area contributed by atoms with E-state index in [2.05, 4.69) is 18.3 Å². The van der Waals surface area contributed by atoms with Crippen LogP contribution in [0.1, 0.15) is 64.7 Å². The molecule has 0 aromatic rings. The van der Waals surface area contributed by atoms with E-state index in [4.69, 9.17) is 0 Å². The maximum atomic E-state index is 9.28. The van der Waals surface area contributed by atoms with Gasteiger partial charge in [-0.3, -0.25) is 0 Å². The van der Waals surface area contributed by atoms with E-state index in [1.54, 1.807) is 0 Å². The molecule has 2 heteroatoms. The smallest absolute Gasteiger partial charge is 0.0672 e. The van der Waals surface area contributed by atoms with Gasteiger partial charge in [0.2, 0.25) is 0 Å². The summed E-state index contributed by atoms with van der Waals surface area (Å²) < 4.78 is 0. The minimum atomic E-state index is 0.255. The standard InChI is InChI=1S/C15H26N2/c1-2-14(10-12-8-9-12)17-15-7-5-3-4-6-13(15)11-16/h12-15,17H,2-10H2,1H3. The summed E-state index contributed by atoms with van der Waals surface area (Å²) in [7, 11) is 0. The Labute approximate surface area is 106 Å². The highest BCUT2D eigenvalue weighted by atomic mass is 15.0. The Morgan fingerprint density at radius 1 is 1.18 bits per heavy atom. The molecule has 2 rings (SSSR count). The third-order valence-electron chi connectivity index (χ3n) is 4.44. The molecule has 2 fully saturated rings. The molecule has 0 bridgehead atoms. The van der Waals surface area contributed by atoms with Crippen molar-refractivity contribution in [3.63, 3.8) is 0 Å². The Morgan fingerprint density at radius 2 is 1.94 bits per heavy atom. The molecule has 2 aliphatic carbocycles. The summed E-state index contributed by atoms with van der Waals surface area (Å²) in [5.41, 5.74) is 0. The number of hydrogen-bond donors (Lipinski definition) is 1. The second kappa shape index (κ2) is 6.40. The quantitative estimate of drug-likeness (QED) is 0.737. The molecule has 2 aliphatic rings. The molecule has 0 heterocycles. The van der Waals surface area contributed by atoms with Gasteiger partial charge in [-0.05, 0) is 31.6 Å². The molecule has 0 aromatic carbocycles. The molecule has 0 amide bonds. The van der Waals surface area contributed by atoms with Crippen molar-refractivity contribution >= 4 is 0 Å². The first-order chi connectivity index (χ1) is 8.33. The predicted octanol–water partition coefficient (Wildman–Crippen LogP) is 3.63. The summed E-state index contributed by atoms with van der Waals surface area (Å²) >= 11 is 0. The van der Waals surface area contributed by atoms with Crippen LogP contribution in [0.3, 0.4) is 0 Å². The molecule has 2 nitrogen and oxygen atoms in total. The molecular formula is C15H26N2. The van der Waals surface area contributed by atoms with Gasteiger partial charge < -0.3 is 5.32 Å². The van der Waals surface area contributed by atoms with Crippen molar-refractivity contribution in [1.82, 2.24) is 5.32 Å². The predicted molar refractivity (Wildman–Crippen MR) is 70.5 cm³/mol. The number of nitrogens with zero attached hydrogens (tertiary/aromatic N) is 1. The van der Waals surface area contributed by atoms with E-state index in [-0.39, 0.29) is 5.92 Å². The first kappa shape index (κ1) is 12.9. The van der Waals surface area contributed by atoms with Crippen LogP contribution in [0.25, 0.3) is 0 Å². The number of nitriles is 1. The normalized spacial score (nSPS) is 31.5. The van der Waals surface area contributed by atoms with E-state index in [1.165, 1.54) is 51.4 Å². The second-order valence-electron chi connectivity index (χ2n) is 5.93. The Morgan fingerprint density at radius 3 is 2.59 bits per heavy atom. The number of hydrogen-bond acceptors (Lipinski definition) is 2. The summed E-state index contributed by atoms with van der Waals surface area (Å²) in [6.45, 7) is 2.28. The van der Waals surface area contributed by atoms with Gasteiger partial charge in [-0.1, -0.05) is 39.0 Å². The minimum Gasteiger partial charge on any atom is -0.310 e. The Kier molecular flexibility index (Phi) is 4.86. The van der Waals surface area contributed by atoms with Crippen molar-refractivity contribution in [3.05, 3.63) is 0 Å². The lowest BCUT2D eigenvalue weighted by molar-refractivity contribution is 0.324. The average molecular weight is 234 g/mol. The maximum absolute atomic E-state index is 9.28. The molecule has 1 N–H and O–H groups in total. The Hall–Kier alpha value is -0.550. The van der Waals surface area contributed by atoms with Crippen molar-refractivity contribution < 1.29 is 0 Å². The summed E-state index contributed by atoms with van der Waals surface area (Å²) in [6, 6.07) is 3.65. The van der Waals surface area contributed by atoms with Crippen LogP contribution in [-0.2, 0) is 0 Å². The van der Waals surface area contributed by atoms with E-state index in [1.807, 2.05) is 0 Å². The van der Waals surface area contributed by atoms with Crippen molar-refractivity contribution in [2.45, 2.75) is 76.8 Å². The van der Waals surface area contributed by atoms with E-state index in [0.29, 0.717) is 12.1 Å². The molecule has 17 heavy (non-hydrogen) atoms. The van der Waals surface area contributed by atoms with Crippen LogP contribution in [0, 0.1) is 23.2 Å². The molecular weight excluding hydrogens is 208 g/mol. The lowest BCUT2D eigenvalue weighted by Gasteiger charge is -2.27. The topological polar surface area (TPSA) is 35.8 Å². The third kappa shape index (κ3) is 4.00. The van der Waals surface area contributed by atoms with Crippen LogP contribution in [0.2, 0.25) is 0 Å². The minimum absolute atomic E-state index is 0.255. The molecule has 0 aromatic heterocycles. The van der Waals surface area contributed by atoms with Crippen molar-refractivity contribution in [2.75, 3.05) is 0 Å². The Bertz CT molecular complexity index is 265. The Balaban J connectivity index is 1.86. The monoisotopic (exact) mass is 234 g/mol. The zero-order valence-electron chi connectivity index (χ0n) is 11.1. The molecule has 0 saturated heterocycles. The first-order valence-corrected chi connectivity index (χ1v) is 7.49. The van der Waals surface area contributed by atoms with Gasteiger partial charge in [-0.2, -0.15) is 5.26 Å². The molecule has 3 unspecified atom stereocenters. The van der Waals surface area contributed by atoms with Crippen LogP contribution in [0.5, 0.6) is 0 Å². The van der Waals surface area contributed by atoms with Gasteiger partial charge in [0.15, 0.2) is 0 Å². The fraction of sp³-hybridized carbons (Fsp3) is 0.933. The fourth-order valence-corrected chi connectivity index (χ4v) is 3.07. The molecule has 0 spiro atoms. The van der Waals surface area contributed by atoms with Crippen LogP contribution < -0.4 is 5.32 Å². The zero-order chi connectivity index (χ0) is 12.1. The lowest BCUT2D eigenvalue weighted by atomic mass is 9.94. The molecule has 0 radical (unpaired) electrons. The highest BCUT2D eigenvalue weighted by Gasteiger charge is 2.29. The van der Waals surface area contributed by atoms with Gasteiger partial charge in [0.1, 0.15) is 0 Å². The van der Waals surface area contributed by atoms with Crippen LogP contribution in [-0.4, -0.2) is 12.1 Å². The zero-order valence-corrected chi connectivity index (χ0v) is 11.1. The van der Waals surface area contributed by atoms with Crippen LogP contribution in [0.4, 0.5) is 0 Å². The van der Waals surface area contributed by atoms with E-state index >= 15 is 0 Å². The highest BCUT2D eigenvalue weighted by molar-refractivity contribution is 4.95. The van der Waals surface area contributed by atoms with Gasteiger partial charge >= 0.3 is 0 Å². The summed E-state index contributed by atoms with van der Waals surface area (Å²) in [5, 5.41) is 13.1. The highest BCUT2D eigenvalue weighted by Crippen LogP contribution is 2.34. The SMILES string of the molecule is CCC(CC1CC1)NC1CCCCCC1C#N. The maximum Gasteiger partial charge on any atom is 0.0672 e. The number of nitrogens with one attached hydrogen (secondary N) is 1. The van der Waals surface area contributed by atoms with Crippen LogP contribution in [0.15, 0.2) is 0 Å². The van der Waals surface area contributed by atoms with Gasteiger partial charge in [-0.25, -0.2) is 0 Å².